The maximum atomic E-state index is 8.84. The smallest absolute Gasteiger partial charge is 0.0692 e. The van der Waals surface area contributed by atoms with Gasteiger partial charge in [0.1, 0.15) is 0 Å². The summed E-state index contributed by atoms with van der Waals surface area (Å²) in [5.41, 5.74) is 1.01. The van der Waals surface area contributed by atoms with Crippen LogP contribution in [0.15, 0.2) is 23.6 Å². The molecule has 0 aliphatic rings. The number of aliphatic hydroxyl groups is 1. The van der Waals surface area contributed by atoms with Crippen molar-refractivity contribution in [1.29, 1.82) is 0 Å². The highest BCUT2D eigenvalue weighted by Gasteiger charge is 1.97. The van der Waals surface area contributed by atoms with Crippen LogP contribution < -0.4 is 0 Å². The Hall–Kier alpha value is -0.600. The first-order valence-electron chi connectivity index (χ1n) is 3.18. The summed E-state index contributed by atoms with van der Waals surface area (Å²) < 4.78 is 0. The van der Waals surface area contributed by atoms with E-state index in [9.17, 15) is 0 Å². The van der Waals surface area contributed by atoms with E-state index in [0.717, 1.165) is 10.5 Å². The van der Waals surface area contributed by atoms with E-state index >= 15 is 0 Å². The molecule has 1 aromatic rings. The lowest BCUT2D eigenvalue weighted by molar-refractivity contribution is 0.350. The minimum absolute atomic E-state index is 0.136. The van der Waals surface area contributed by atoms with Gasteiger partial charge in [-0.25, -0.2) is 0 Å². The number of hydrogen-bond donors (Lipinski definition) is 1. The number of aliphatic hydroxyl groups excluding tert-OH is 1. The molecule has 1 aromatic heterocycles. The van der Waals surface area contributed by atoms with Gasteiger partial charge in [-0.15, -0.1) is 11.3 Å². The molecule has 0 saturated heterocycles. The van der Waals surface area contributed by atoms with Crippen LogP contribution in [0.1, 0.15) is 11.8 Å². The summed E-state index contributed by atoms with van der Waals surface area (Å²) in [6.07, 6.45) is 1.94. The molecule has 10 heavy (non-hydrogen) atoms. The number of thiophene rings is 1. The third kappa shape index (κ3) is 1.46. The lowest BCUT2D eigenvalue weighted by Gasteiger charge is -1.96. The molecule has 1 heterocycles. The molecular formula is C8H10OS. The summed E-state index contributed by atoms with van der Waals surface area (Å²) in [7, 11) is 0. The Balaban J connectivity index is 2.85. The molecule has 54 valence electrons. The summed E-state index contributed by atoms with van der Waals surface area (Å²) in [4.78, 5) is 1.16. The zero-order valence-electron chi connectivity index (χ0n) is 5.87. The van der Waals surface area contributed by atoms with Crippen molar-refractivity contribution in [3.8, 4) is 0 Å². The topological polar surface area (TPSA) is 20.2 Å². The predicted octanol–water partition coefficient (Wildman–Crippen LogP) is 2.14. The van der Waals surface area contributed by atoms with Crippen LogP contribution in [-0.2, 0) is 0 Å². The van der Waals surface area contributed by atoms with E-state index in [2.05, 4.69) is 0 Å². The van der Waals surface area contributed by atoms with Gasteiger partial charge in [-0.05, 0) is 23.9 Å². The van der Waals surface area contributed by atoms with Crippen molar-refractivity contribution in [2.45, 2.75) is 6.92 Å². The number of hydrogen-bond acceptors (Lipinski definition) is 2. The molecule has 0 radical (unpaired) electrons. The van der Waals surface area contributed by atoms with Gasteiger partial charge in [-0.3, -0.25) is 0 Å². The summed E-state index contributed by atoms with van der Waals surface area (Å²) in [5, 5.41) is 10.8. The van der Waals surface area contributed by atoms with E-state index in [0.29, 0.717) is 0 Å². The third-order valence-corrected chi connectivity index (χ3v) is 2.30. The first-order chi connectivity index (χ1) is 4.88. The molecule has 1 N–H and O–H groups in total. The lowest BCUT2D eigenvalue weighted by atomic mass is 10.2. The summed E-state index contributed by atoms with van der Waals surface area (Å²) in [6, 6.07) is 4.00. The zero-order chi connectivity index (χ0) is 7.40. The van der Waals surface area contributed by atoms with Gasteiger partial charge in [-0.1, -0.05) is 12.1 Å². The van der Waals surface area contributed by atoms with E-state index in [1.54, 1.807) is 11.3 Å². The quantitative estimate of drug-likeness (QED) is 0.692. The van der Waals surface area contributed by atoms with Gasteiger partial charge in [0.15, 0.2) is 0 Å². The minimum atomic E-state index is 0.136. The Bertz CT molecular complexity index is 211. The second-order valence-corrected chi connectivity index (χ2v) is 2.90. The van der Waals surface area contributed by atoms with E-state index in [1.807, 2.05) is 30.5 Å². The second-order valence-electron chi connectivity index (χ2n) is 1.95. The van der Waals surface area contributed by atoms with Crippen molar-refractivity contribution in [1.82, 2.24) is 0 Å². The maximum absolute atomic E-state index is 8.84. The van der Waals surface area contributed by atoms with Crippen molar-refractivity contribution < 1.29 is 5.11 Å². The Labute approximate surface area is 64.6 Å². The molecule has 0 bridgehead atoms. The first kappa shape index (κ1) is 7.51. The largest absolute Gasteiger partial charge is 0.392 e. The fourth-order valence-corrected chi connectivity index (χ4v) is 1.57. The Morgan fingerprint density at radius 3 is 3.00 bits per heavy atom. The Morgan fingerprint density at radius 2 is 2.60 bits per heavy atom. The van der Waals surface area contributed by atoms with Gasteiger partial charge in [-0.2, -0.15) is 0 Å². The molecule has 0 fully saturated rings. The van der Waals surface area contributed by atoms with Crippen molar-refractivity contribution >= 4 is 16.9 Å². The normalized spacial score (nSPS) is 12.0. The fourth-order valence-electron chi connectivity index (χ4n) is 0.773. The van der Waals surface area contributed by atoms with Crippen molar-refractivity contribution in [2.24, 2.45) is 0 Å². The van der Waals surface area contributed by atoms with E-state index in [1.165, 1.54) is 0 Å². The predicted molar refractivity (Wildman–Crippen MR) is 45.1 cm³/mol. The highest BCUT2D eigenvalue weighted by Crippen LogP contribution is 2.18. The van der Waals surface area contributed by atoms with Gasteiger partial charge in [0.05, 0.1) is 6.61 Å². The number of allylic oxidation sites excluding steroid dienone is 1. The van der Waals surface area contributed by atoms with E-state index < -0.39 is 0 Å². The highest BCUT2D eigenvalue weighted by molar-refractivity contribution is 7.11. The Kier molecular flexibility index (Phi) is 2.66. The van der Waals surface area contributed by atoms with Gasteiger partial charge in [0.2, 0.25) is 0 Å². The third-order valence-electron chi connectivity index (χ3n) is 1.36. The molecule has 0 unspecified atom stereocenters. The number of rotatable bonds is 2. The van der Waals surface area contributed by atoms with Crippen LogP contribution in [0, 0.1) is 0 Å². The van der Waals surface area contributed by atoms with Crippen LogP contribution in [0.25, 0.3) is 5.57 Å². The molecule has 0 amide bonds. The van der Waals surface area contributed by atoms with Crippen LogP contribution in [0.4, 0.5) is 0 Å². The van der Waals surface area contributed by atoms with Gasteiger partial charge in [0, 0.05) is 4.88 Å². The Morgan fingerprint density at radius 1 is 1.80 bits per heavy atom. The van der Waals surface area contributed by atoms with Gasteiger partial charge in [0.25, 0.3) is 0 Å². The average molecular weight is 154 g/mol. The SMILES string of the molecule is C/C=C(\CO)c1cccs1. The van der Waals surface area contributed by atoms with E-state index in [4.69, 9.17) is 5.11 Å². The van der Waals surface area contributed by atoms with Gasteiger partial charge >= 0.3 is 0 Å². The maximum Gasteiger partial charge on any atom is 0.0692 e. The van der Waals surface area contributed by atoms with Crippen molar-refractivity contribution in [2.75, 3.05) is 6.61 Å². The molecule has 0 saturated carbocycles. The zero-order valence-corrected chi connectivity index (χ0v) is 6.69. The second kappa shape index (κ2) is 3.54. The van der Waals surface area contributed by atoms with Gasteiger partial charge < -0.3 is 5.11 Å². The minimum Gasteiger partial charge on any atom is -0.392 e. The average Bonchev–Trinajstić information content (AvgIpc) is 2.43. The van der Waals surface area contributed by atoms with Crippen LogP contribution in [0.5, 0.6) is 0 Å². The van der Waals surface area contributed by atoms with Crippen LogP contribution in [-0.4, -0.2) is 11.7 Å². The molecule has 2 heteroatoms. The van der Waals surface area contributed by atoms with Crippen LogP contribution in [0.3, 0.4) is 0 Å². The monoisotopic (exact) mass is 154 g/mol. The standard InChI is InChI=1S/C8H10OS/c1-2-7(6-9)8-4-3-5-10-8/h2-5,9H,6H2,1H3/b7-2+. The summed E-state index contributed by atoms with van der Waals surface area (Å²) in [6.45, 7) is 2.07. The molecule has 1 nitrogen and oxygen atoms in total. The molecule has 1 rings (SSSR count). The van der Waals surface area contributed by atoms with Crippen molar-refractivity contribution in [3.05, 3.63) is 28.5 Å². The van der Waals surface area contributed by atoms with E-state index in [-0.39, 0.29) is 6.61 Å². The summed E-state index contributed by atoms with van der Waals surface area (Å²) >= 11 is 1.65. The highest BCUT2D eigenvalue weighted by atomic mass is 32.1. The first-order valence-corrected chi connectivity index (χ1v) is 4.06. The summed E-state index contributed by atoms with van der Waals surface area (Å²) in [5.74, 6) is 0. The van der Waals surface area contributed by atoms with Crippen LogP contribution in [0.2, 0.25) is 0 Å². The molecule has 0 aromatic carbocycles. The lowest BCUT2D eigenvalue weighted by Crippen LogP contribution is -1.84. The van der Waals surface area contributed by atoms with Crippen LogP contribution >= 0.6 is 11.3 Å². The molecular weight excluding hydrogens is 144 g/mol. The fraction of sp³-hybridized carbons (Fsp3) is 0.250. The van der Waals surface area contributed by atoms with Crippen molar-refractivity contribution in [3.63, 3.8) is 0 Å². The molecule has 0 spiro atoms. The molecule has 0 aliphatic heterocycles. The molecule has 0 atom stereocenters. The molecule has 0 aliphatic carbocycles.